The Morgan fingerprint density at radius 2 is 1.28 bits per heavy atom. The minimum Gasteiger partial charge on any atom is -0.427 e. The molecule has 0 spiro atoms. The highest BCUT2D eigenvalue weighted by molar-refractivity contribution is 5.89. The Labute approximate surface area is 168 Å². The zero-order valence-electron chi connectivity index (χ0n) is 16.0. The molecule has 0 bridgehead atoms. The first-order valence-corrected chi connectivity index (χ1v) is 9.61. The zero-order valence-corrected chi connectivity index (χ0v) is 16.0. The van der Waals surface area contributed by atoms with Gasteiger partial charge in [-0.1, -0.05) is 48.5 Å². The van der Waals surface area contributed by atoms with Gasteiger partial charge in [-0.15, -0.1) is 0 Å². The molecule has 0 saturated heterocycles. The molecule has 2 aromatic heterocycles. The second-order valence-electron chi connectivity index (χ2n) is 7.17. The average Bonchev–Trinajstić information content (AvgIpc) is 3.35. The van der Waals surface area contributed by atoms with Crippen molar-refractivity contribution in [2.75, 3.05) is 0 Å². The number of nitrogens with one attached hydrogen (secondary N) is 2. The quantitative estimate of drug-likeness (QED) is 0.308. The van der Waals surface area contributed by atoms with Crippen LogP contribution in [0.1, 0.15) is 29.5 Å². The number of para-hydroxylation sites is 2. The maximum absolute atomic E-state index is 11.3. The van der Waals surface area contributed by atoms with E-state index in [9.17, 15) is 4.79 Å². The molecule has 5 rings (SSSR count). The van der Waals surface area contributed by atoms with E-state index in [-0.39, 0.29) is 11.9 Å². The third kappa shape index (κ3) is 3.09. The Hall–Kier alpha value is -3.79. The molecule has 2 N–H and O–H groups in total. The van der Waals surface area contributed by atoms with Crippen LogP contribution in [0, 0.1) is 0 Å². The van der Waals surface area contributed by atoms with Crippen molar-refractivity contribution in [2.24, 2.45) is 0 Å². The number of esters is 1. The number of fused-ring (bicyclic) bond motifs is 2. The van der Waals surface area contributed by atoms with Crippen molar-refractivity contribution in [1.29, 1.82) is 0 Å². The second-order valence-corrected chi connectivity index (χ2v) is 7.17. The number of benzene rings is 3. The van der Waals surface area contributed by atoms with E-state index in [1.165, 1.54) is 28.8 Å². The monoisotopic (exact) mass is 380 g/mol. The van der Waals surface area contributed by atoms with Crippen LogP contribution in [0.25, 0.3) is 21.8 Å². The van der Waals surface area contributed by atoms with E-state index in [4.69, 9.17) is 4.74 Å². The van der Waals surface area contributed by atoms with E-state index in [0.717, 1.165) is 16.6 Å². The molecule has 2 heterocycles. The SMILES string of the molecule is CC(=O)Oc1ccc(C(c2c[nH]c3ccccc23)c2c[nH]c3ccccc23)cc1. The van der Waals surface area contributed by atoms with E-state index in [1.54, 1.807) is 0 Å². The molecule has 0 fully saturated rings. The van der Waals surface area contributed by atoms with Crippen molar-refractivity contribution in [3.05, 3.63) is 102 Å². The van der Waals surface area contributed by atoms with E-state index in [1.807, 2.05) is 36.4 Å². The topological polar surface area (TPSA) is 57.9 Å². The molecule has 0 saturated carbocycles. The standard InChI is InChI=1S/C25H20N2O2/c1-16(28)29-18-12-10-17(11-13-18)25(21-14-26-23-8-4-2-6-19(21)23)22-15-27-24-9-5-3-7-20(22)24/h2-15,25-27H,1H3. The largest absolute Gasteiger partial charge is 0.427 e. The summed E-state index contributed by atoms with van der Waals surface area (Å²) in [6, 6.07) is 24.5. The maximum atomic E-state index is 11.3. The molecule has 0 atom stereocenters. The van der Waals surface area contributed by atoms with Crippen molar-refractivity contribution < 1.29 is 9.53 Å². The molecule has 0 amide bonds. The predicted molar refractivity (Wildman–Crippen MR) is 115 cm³/mol. The third-order valence-corrected chi connectivity index (χ3v) is 5.34. The predicted octanol–water partition coefficient (Wildman–Crippen LogP) is 5.75. The molecule has 0 aliphatic rings. The van der Waals surface area contributed by atoms with Crippen molar-refractivity contribution >= 4 is 27.8 Å². The lowest BCUT2D eigenvalue weighted by Crippen LogP contribution is -2.04. The molecule has 0 aliphatic carbocycles. The summed E-state index contributed by atoms with van der Waals surface area (Å²) < 4.78 is 5.22. The van der Waals surface area contributed by atoms with Gasteiger partial charge >= 0.3 is 5.97 Å². The van der Waals surface area contributed by atoms with Crippen LogP contribution in [0.5, 0.6) is 5.75 Å². The Kier molecular flexibility index (Phi) is 4.17. The summed E-state index contributed by atoms with van der Waals surface area (Å²) in [5, 5.41) is 2.40. The van der Waals surface area contributed by atoms with Gasteiger partial charge in [0.2, 0.25) is 0 Å². The van der Waals surface area contributed by atoms with Gasteiger partial charge in [0.25, 0.3) is 0 Å². The third-order valence-electron chi connectivity index (χ3n) is 5.34. The molecular formula is C25H20N2O2. The van der Waals surface area contributed by atoms with Crippen molar-refractivity contribution in [2.45, 2.75) is 12.8 Å². The highest BCUT2D eigenvalue weighted by Crippen LogP contribution is 2.39. The first kappa shape index (κ1) is 17.3. The van der Waals surface area contributed by atoms with E-state index < -0.39 is 0 Å². The van der Waals surface area contributed by atoms with E-state index in [2.05, 4.69) is 58.8 Å². The van der Waals surface area contributed by atoms with Crippen LogP contribution in [0.2, 0.25) is 0 Å². The normalized spacial score (nSPS) is 11.4. The molecule has 0 unspecified atom stereocenters. The lowest BCUT2D eigenvalue weighted by molar-refractivity contribution is -0.131. The molecule has 3 aromatic carbocycles. The summed E-state index contributed by atoms with van der Waals surface area (Å²) in [6.45, 7) is 1.41. The smallest absolute Gasteiger partial charge is 0.308 e. The van der Waals surface area contributed by atoms with E-state index >= 15 is 0 Å². The van der Waals surface area contributed by atoms with Gasteiger partial charge in [-0.25, -0.2) is 0 Å². The van der Waals surface area contributed by atoms with Crippen molar-refractivity contribution in [1.82, 2.24) is 9.97 Å². The van der Waals surface area contributed by atoms with Crippen LogP contribution in [-0.2, 0) is 4.79 Å². The molecular weight excluding hydrogens is 360 g/mol. The number of hydrogen-bond donors (Lipinski definition) is 2. The number of ether oxygens (including phenoxy) is 1. The zero-order chi connectivity index (χ0) is 19.8. The Morgan fingerprint density at radius 3 is 1.79 bits per heavy atom. The number of rotatable bonds is 4. The molecule has 0 radical (unpaired) electrons. The summed E-state index contributed by atoms with van der Waals surface area (Å²) in [5.41, 5.74) is 5.79. The number of aromatic nitrogens is 2. The highest BCUT2D eigenvalue weighted by atomic mass is 16.5. The molecule has 29 heavy (non-hydrogen) atoms. The van der Waals surface area contributed by atoms with Crippen molar-refractivity contribution in [3.63, 3.8) is 0 Å². The van der Waals surface area contributed by atoms with Gasteiger partial charge in [0.05, 0.1) is 0 Å². The van der Waals surface area contributed by atoms with Gasteiger partial charge in [-0.05, 0) is 41.0 Å². The summed E-state index contributed by atoms with van der Waals surface area (Å²) in [4.78, 5) is 18.1. The summed E-state index contributed by atoms with van der Waals surface area (Å²) in [7, 11) is 0. The summed E-state index contributed by atoms with van der Waals surface area (Å²) >= 11 is 0. The molecule has 0 aliphatic heterocycles. The van der Waals surface area contributed by atoms with Crippen LogP contribution in [0.3, 0.4) is 0 Å². The first-order chi connectivity index (χ1) is 14.2. The molecule has 5 aromatic rings. The number of carbonyl (C=O) groups is 1. The van der Waals surface area contributed by atoms with Gasteiger partial charge < -0.3 is 14.7 Å². The van der Waals surface area contributed by atoms with Gasteiger partial charge in [0, 0.05) is 47.0 Å². The van der Waals surface area contributed by atoms with Gasteiger partial charge in [-0.2, -0.15) is 0 Å². The lowest BCUT2D eigenvalue weighted by atomic mass is 9.85. The van der Waals surface area contributed by atoms with Gasteiger partial charge in [0.1, 0.15) is 5.75 Å². The van der Waals surface area contributed by atoms with Crippen LogP contribution in [-0.4, -0.2) is 15.9 Å². The summed E-state index contributed by atoms with van der Waals surface area (Å²) in [5.74, 6) is 0.272. The fourth-order valence-corrected chi connectivity index (χ4v) is 4.09. The molecule has 4 heteroatoms. The second kappa shape index (κ2) is 6.99. The molecule has 142 valence electrons. The van der Waals surface area contributed by atoms with Crippen LogP contribution in [0.4, 0.5) is 0 Å². The number of hydrogen-bond acceptors (Lipinski definition) is 2. The number of H-pyrrole nitrogens is 2. The number of carbonyl (C=O) groups excluding carboxylic acids is 1. The van der Waals surface area contributed by atoms with Gasteiger partial charge in [-0.3, -0.25) is 4.79 Å². The Balaban J connectivity index is 1.70. The highest BCUT2D eigenvalue weighted by Gasteiger charge is 2.23. The van der Waals surface area contributed by atoms with E-state index in [0.29, 0.717) is 5.75 Å². The van der Waals surface area contributed by atoms with Crippen LogP contribution >= 0.6 is 0 Å². The first-order valence-electron chi connectivity index (χ1n) is 9.61. The maximum Gasteiger partial charge on any atom is 0.308 e. The lowest BCUT2D eigenvalue weighted by Gasteiger charge is -2.18. The van der Waals surface area contributed by atoms with Crippen LogP contribution in [0.15, 0.2) is 85.2 Å². The minimum atomic E-state index is -0.317. The number of aromatic amines is 2. The van der Waals surface area contributed by atoms with Crippen molar-refractivity contribution in [3.8, 4) is 5.75 Å². The fraction of sp³-hybridized carbons (Fsp3) is 0.0800. The Bertz CT molecular complexity index is 1240. The molecule has 4 nitrogen and oxygen atoms in total. The van der Waals surface area contributed by atoms with Gasteiger partial charge in [0.15, 0.2) is 0 Å². The Morgan fingerprint density at radius 1 is 0.759 bits per heavy atom. The fourth-order valence-electron chi connectivity index (χ4n) is 4.09. The average molecular weight is 380 g/mol. The minimum absolute atomic E-state index is 0.0358. The summed E-state index contributed by atoms with van der Waals surface area (Å²) in [6.07, 6.45) is 4.19. The van der Waals surface area contributed by atoms with Crippen LogP contribution < -0.4 is 4.74 Å².